The summed E-state index contributed by atoms with van der Waals surface area (Å²) in [6.45, 7) is 3.26. The van der Waals surface area contributed by atoms with Crippen LogP contribution in [-0.2, 0) is 17.6 Å². The summed E-state index contributed by atoms with van der Waals surface area (Å²) in [7, 11) is 6.24. The molecule has 13 heteroatoms. The molecule has 2 aromatic heterocycles. The number of quaternary nitrogens is 1. The van der Waals surface area contributed by atoms with Crippen molar-refractivity contribution in [3.63, 3.8) is 0 Å². The monoisotopic (exact) mass is 649 g/mol. The van der Waals surface area contributed by atoms with Crippen molar-refractivity contribution < 1.29 is 22.4 Å². The van der Waals surface area contributed by atoms with Gasteiger partial charge in [-0.25, -0.2) is 9.48 Å². The first-order valence-corrected chi connectivity index (χ1v) is 15.6. The van der Waals surface area contributed by atoms with Crippen LogP contribution in [0.15, 0.2) is 65.6 Å². The molecule has 47 heavy (non-hydrogen) atoms. The lowest BCUT2D eigenvalue weighted by molar-refractivity contribution is -0.869. The third kappa shape index (κ3) is 7.66. The Kier molecular flexibility index (Phi) is 9.74. The highest BCUT2D eigenvalue weighted by molar-refractivity contribution is 5.78. The number of carbonyl (C=O) groups is 1. The maximum atomic E-state index is 14.1. The fraction of sp³-hybridized carbons (Fsp3) is 0.412. The quantitative estimate of drug-likeness (QED) is 0.244. The highest BCUT2D eigenvalue weighted by Gasteiger charge is 2.32. The first-order valence-electron chi connectivity index (χ1n) is 15.6. The van der Waals surface area contributed by atoms with Crippen molar-refractivity contribution in [3.05, 3.63) is 88.1 Å². The van der Waals surface area contributed by atoms with E-state index in [0.717, 1.165) is 36.0 Å². The summed E-state index contributed by atoms with van der Waals surface area (Å²) >= 11 is 0. The zero-order chi connectivity index (χ0) is 33.9. The van der Waals surface area contributed by atoms with Crippen molar-refractivity contribution in [1.82, 2.24) is 29.5 Å². The average molecular weight is 650 g/mol. The Labute approximate surface area is 271 Å². The van der Waals surface area contributed by atoms with Crippen molar-refractivity contribution in [1.29, 1.82) is 5.26 Å². The van der Waals surface area contributed by atoms with Crippen LogP contribution in [0.4, 0.5) is 13.2 Å². The number of hydrogen-bond donors (Lipinski definition) is 2. The number of imidazole rings is 1. The molecule has 10 nitrogen and oxygen atoms in total. The molecular formula is C34H40F3N8O2+. The van der Waals surface area contributed by atoms with Crippen molar-refractivity contribution >= 4 is 5.91 Å². The van der Waals surface area contributed by atoms with Crippen LogP contribution in [0.5, 0.6) is 0 Å². The van der Waals surface area contributed by atoms with Gasteiger partial charge in [-0.15, -0.1) is 0 Å². The summed E-state index contributed by atoms with van der Waals surface area (Å²) in [5.41, 5.74) is 1.38. The molecule has 2 aromatic carbocycles. The minimum Gasteiger partial charge on any atom is -0.350 e. The van der Waals surface area contributed by atoms with E-state index in [4.69, 9.17) is 0 Å². The SMILES string of the molecule is Cc1c(-c2ccnn2-c2ccc(C#N)cc2)n(CNC2CCC(C(=O)NCC[N+](C)(C)C)CC2)c(=O)n1-c1cccc(C(F)(F)F)c1. The van der Waals surface area contributed by atoms with Crippen molar-refractivity contribution in [3.8, 4) is 28.8 Å². The number of halogens is 3. The van der Waals surface area contributed by atoms with Gasteiger partial charge in [0.05, 0.1) is 92.8 Å². The number of benzene rings is 2. The Bertz CT molecular complexity index is 1820. The molecule has 0 radical (unpaired) electrons. The second kappa shape index (κ2) is 13.6. The van der Waals surface area contributed by atoms with Crippen LogP contribution in [-0.4, -0.2) is 69.6 Å². The molecule has 1 aliphatic rings. The molecule has 1 fully saturated rings. The predicted octanol–water partition coefficient (Wildman–Crippen LogP) is 4.62. The lowest BCUT2D eigenvalue weighted by Crippen LogP contribution is -2.44. The Morgan fingerprint density at radius 2 is 1.74 bits per heavy atom. The summed E-state index contributed by atoms with van der Waals surface area (Å²) in [5, 5.41) is 20.2. The lowest BCUT2D eigenvalue weighted by Gasteiger charge is -2.29. The molecule has 0 aliphatic heterocycles. The number of nitrogens with zero attached hydrogens (tertiary/aromatic N) is 6. The summed E-state index contributed by atoms with van der Waals surface area (Å²) in [4.78, 5) is 26.8. The van der Waals surface area contributed by atoms with Gasteiger partial charge in [-0.2, -0.15) is 23.5 Å². The molecule has 248 valence electrons. The number of hydrogen-bond acceptors (Lipinski definition) is 5. The second-order valence-electron chi connectivity index (χ2n) is 13.0. The Balaban J connectivity index is 1.43. The van der Waals surface area contributed by atoms with Crippen molar-refractivity contribution in [2.75, 3.05) is 34.2 Å². The predicted molar refractivity (Wildman–Crippen MR) is 172 cm³/mol. The van der Waals surface area contributed by atoms with Gasteiger partial charge in [0.25, 0.3) is 0 Å². The van der Waals surface area contributed by atoms with Crippen LogP contribution in [0.3, 0.4) is 0 Å². The first-order chi connectivity index (χ1) is 22.3. The lowest BCUT2D eigenvalue weighted by atomic mass is 9.85. The largest absolute Gasteiger partial charge is 0.416 e. The van der Waals surface area contributed by atoms with E-state index in [1.807, 2.05) is 0 Å². The number of aromatic nitrogens is 4. The van der Waals surface area contributed by atoms with E-state index in [-0.39, 0.29) is 30.2 Å². The van der Waals surface area contributed by atoms with Crippen LogP contribution < -0.4 is 16.3 Å². The summed E-state index contributed by atoms with van der Waals surface area (Å²) in [6.07, 6.45) is -0.0708. The Morgan fingerprint density at radius 3 is 2.38 bits per heavy atom. The zero-order valence-electron chi connectivity index (χ0n) is 27.0. The van der Waals surface area contributed by atoms with Gasteiger partial charge in [-0.05, 0) is 81.1 Å². The van der Waals surface area contributed by atoms with E-state index < -0.39 is 17.4 Å². The molecule has 0 atom stereocenters. The molecule has 4 aromatic rings. The fourth-order valence-electron chi connectivity index (χ4n) is 6.06. The molecule has 1 saturated carbocycles. The van der Waals surface area contributed by atoms with Gasteiger partial charge in [0.1, 0.15) is 0 Å². The smallest absolute Gasteiger partial charge is 0.350 e. The van der Waals surface area contributed by atoms with Gasteiger partial charge in [-0.1, -0.05) is 6.07 Å². The minimum atomic E-state index is -4.57. The molecule has 0 unspecified atom stereocenters. The highest BCUT2D eigenvalue weighted by Crippen LogP contribution is 2.32. The molecule has 0 saturated heterocycles. The van der Waals surface area contributed by atoms with E-state index in [0.29, 0.717) is 47.7 Å². The van der Waals surface area contributed by atoms with Crippen LogP contribution in [0, 0.1) is 24.2 Å². The first kappa shape index (κ1) is 33.7. The number of nitrogens with one attached hydrogen (secondary N) is 2. The molecule has 0 bridgehead atoms. The van der Waals surface area contributed by atoms with E-state index in [2.05, 4.69) is 42.9 Å². The Hall–Kier alpha value is -4.67. The van der Waals surface area contributed by atoms with Crippen LogP contribution in [0.25, 0.3) is 22.8 Å². The van der Waals surface area contributed by atoms with Gasteiger partial charge in [0.15, 0.2) is 0 Å². The Morgan fingerprint density at radius 1 is 1.04 bits per heavy atom. The van der Waals surface area contributed by atoms with Gasteiger partial charge in [0.2, 0.25) is 5.91 Å². The van der Waals surface area contributed by atoms with Crippen LogP contribution >= 0.6 is 0 Å². The van der Waals surface area contributed by atoms with Gasteiger partial charge in [-0.3, -0.25) is 19.2 Å². The van der Waals surface area contributed by atoms with Gasteiger partial charge >= 0.3 is 11.9 Å². The number of rotatable bonds is 10. The molecule has 1 aliphatic carbocycles. The standard InChI is InChI=1S/C34H39F3N8O2/c1-23-31(30-16-17-41-44(30)28-14-8-24(21-38)9-15-28)42(33(47)43(23)29-7-5-6-26(20-29)34(35,36)37)22-40-27-12-10-25(11-13-27)32(46)39-18-19-45(2,3)4/h5-9,14-17,20,25,27,40H,10-13,18-19,22H2,1-4H3/p+1. The second-order valence-corrected chi connectivity index (χ2v) is 13.0. The maximum absolute atomic E-state index is 14.1. The molecule has 5 rings (SSSR count). The molecule has 1 amide bonds. The molecule has 2 heterocycles. The third-order valence-corrected chi connectivity index (χ3v) is 8.65. The van der Waals surface area contributed by atoms with Gasteiger partial charge in [0, 0.05) is 12.0 Å². The molecule has 0 spiro atoms. The molecule has 2 N–H and O–H groups in total. The minimum absolute atomic E-state index is 0.0469. The van der Waals surface area contributed by atoms with E-state index in [1.54, 1.807) is 48.1 Å². The van der Waals surface area contributed by atoms with E-state index in [1.165, 1.54) is 21.3 Å². The highest BCUT2D eigenvalue weighted by atomic mass is 19.4. The topological polar surface area (TPSA) is 110 Å². The summed E-state index contributed by atoms with van der Waals surface area (Å²) < 4.78 is 46.1. The van der Waals surface area contributed by atoms with E-state index >= 15 is 0 Å². The normalized spacial score (nSPS) is 17.0. The number of nitriles is 1. The number of likely N-dealkylation sites (N-methyl/N-ethyl adjacent to an activating group) is 1. The fourth-order valence-corrected chi connectivity index (χ4v) is 6.06. The number of amides is 1. The zero-order valence-corrected chi connectivity index (χ0v) is 27.0. The van der Waals surface area contributed by atoms with Crippen molar-refractivity contribution in [2.45, 2.75) is 51.5 Å². The average Bonchev–Trinajstić information content (AvgIpc) is 3.60. The van der Waals surface area contributed by atoms with Crippen LogP contribution in [0.2, 0.25) is 0 Å². The third-order valence-electron chi connectivity index (χ3n) is 8.65. The summed E-state index contributed by atoms with van der Waals surface area (Å²) in [6, 6.07) is 15.4. The van der Waals surface area contributed by atoms with Crippen LogP contribution in [0.1, 0.15) is 42.5 Å². The number of alkyl halides is 3. The van der Waals surface area contributed by atoms with Gasteiger partial charge < -0.3 is 9.80 Å². The summed E-state index contributed by atoms with van der Waals surface area (Å²) in [5.74, 6) is 0.00469. The number of carbonyl (C=O) groups excluding carboxylic acids is 1. The maximum Gasteiger partial charge on any atom is 0.416 e. The van der Waals surface area contributed by atoms with Crippen molar-refractivity contribution in [2.24, 2.45) is 5.92 Å². The molecular weight excluding hydrogens is 609 g/mol. The van der Waals surface area contributed by atoms with E-state index in [9.17, 15) is 28.0 Å².